The van der Waals surface area contributed by atoms with Crippen molar-refractivity contribution in [1.29, 1.82) is 0 Å². The summed E-state index contributed by atoms with van der Waals surface area (Å²) in [5.74, 6) is 0.00672. The third-order valence-electron chi connectivity index (χ3n) is 4.01. The normalized spacial score (nSPS) is 20.1. The third-order valence-corrected chi connectivity index (χ3v) is 5.41. The Bertz CT molecular complexity index is 707. The van der Waals surface area contributed by atoms with E-state index in [1.807, 2.05) is 0 Å². The minimum atomic E-state index is -3.89. The first kappa shape index (κ1) is 21.6. The fourth-order valence-corrected chi connectivity index (χ4v) is 3.91. The number of nitrogens with zero attached hydrogens (tertiary/aromatic N) is 1. The molecule has 0 radical (unpaired) electrons. The molecule has 0 amide bonds. The lowest BCUT2D eigenvalue weighted by Gasteiger charge is -2.28. The fourth-order valence-electron chi connectivity index (χ4n) is 2.77. The van der Waals surface area contributed by atoms with Crippen LogP contribution in [0.15, 0.2) is 23.1 Å². The summed E-state index contributed by atoms with van der Waals surface area (Å²) in [6, 6.07) is 3.54. The molecule has 9 nitrogen and oxygen atoms in total. The summed E-state index contributed by atoms with van der Waals surface area (Å²) >= 11 is 0. The van der Waals surface area contributed by atoms with Gasteiger partial charge < -0.3 is 14.8 Å². The van der Waals surface area contributed by atoms with Crippen LogP contribution in [-0.2, 0) is 14.8 Å². The molecule has 0 bridgehead atoms. The number of sulfonamides is 1. The van der Waals surface area contributed by atoms with Gasteiger partial charge in [0, 0.05) is 19.7 Å². The average Bonchev–Trinajstić information content (AvgIpc) is 3.02. The lowest BCUT2D eigenvalue weighted by Crippen LogP contribution is -2.52. The Kier molecular flexibility index (Phi) is 7.57. The predicted molar refractivity (Wildman–Crippen MR) is 93.9 cm³/mol. The minimum Gasteiger partial charge on any atom is -0.490 e. The number of halogens is 1. The van der Waals surface area contributed by atoms with Crippen LogP contribution >= 0.6 is 12.4 Å². The highest BCUT2D eigenvalue weighted by atomic mass is 35.5. The summed E-state index contributed by atoms with van der Waals surface area (Å²) in [6.07, 6.45) is 1.71. The molecule has 1 saturated heterocycles. The number of rotatable bonds is 8. The second-order valence-electron chi connectivity index (χ2n) is 5.66. The van der Waals surface area contributed by atoms with Crippen LogP contribution in [0.3, 0.4) is 0 Å². The highest BCUT2D eigenvalue weighted by Gasteiger charge is 2.35. The Hall–Kier alpha value is -1.46. The summed E-state index contributed by atoms with van der Waals surface area (Å²) < 4.78 is 37.5. The third kappa shape index (κ3) is 5.02. The minimum absolute atomic E-state index is 0. The van der Waals surface area contributed by atoms with E-state index in [-0.39, 0.29) is 29.6 Å². The molecule has 1 heterocycles. The molecule has 0 aliphatic carbocycles. The first-order valence-electron chi connectivity index (χ1n) is 7.40. The first-order valence-corrected chi connectivity index (χ1v) is 8.88. The van der Waals surface area contributed by atoms with E-state index >= 15 is 0 Å². The smallest absolute Gasteiger partial charge is 0.312 e. The lowest BCUT2D eigenvalue weighted by molar-refractivity contribution is -0.386. The number of benzene rings is 1. The maximum absolute atomic E-state index is 12.5. The topological polar surface area (TPSA) is 120 Å². The molecule has 1 fully saturated rings. The van der Waals surface area contributed by atoms with E-state index < -0.39 is 26.2 Å². The van der Waals surface area contributed by atoms with Gasteiger partial charge in [-0.1, -0.05) is 0 Å². The molecule has 0 aromatic heterocycles. The van der Waals surface area contributed by atoms with Gasteiger partial charge in [0.15, 0.2) is 5.75 Å². The van der Waals surface area contributed by atoms with Crippen molar-refractivity contribution in [2.75, 3.05) is 33.9 Å². The maximum Gasteiger partial charge on any atom is 0.312 e. The summed E-state index contributed by atoms with van der Waals surface area (Å²) in [5, 5.41) is 14.3. The zero-order valence-electron chi connectivity index (χ0n) is 14.0. The number of methoxy groups -OCH3 is 2. The average molecular weight is 396 g/mol. The fraction of sp³-hybridized carbons (Fsp3) is 0.571. The van der Waals surface area contributed by atoms with E-state index in [1.54, 1.807) is 7.11 Å². The number of hydrogen-bond donors (Lipinski definition) is 2. The number of nitrogens with one attached hydrogen (secondary N) is 2. The van der Waals surface area contributed by atoms with E-state index in [2.05, 4.69) is 10.0 Å². The van der Waals surface area contributed by atoms with Crippen LogP contribution in [0.2, 0.25) is 0 Å². The van der Waals surface area contributed by atoms with Crippen molar-refractivity contribution in [3.63, 3.8) is 0 Å². The second kappa shape index (κ2) is 8.77. The van der Waals surface area contributed by atoms with Crippen molar-refractivity contribution >= 4 is 28.1 Å². The van der Waals surface area contributed by atoms with Gasteiger partial charge in [0.2, 0.25) is 10.0 Å². The standard InChI is InChI=1S/C14H21N3O6S.ClH/c1-22-10-14(6-3-7-15-14)9-16-24(20,21)11-4-5-13(23-2)12(8-11)17(18)19;/h4-5,8,15-16H,3,6-7,9-10H2,1-2H3;1H. The molecule has 1 unspecified atom stereocenters. The van der Waals surface area contributed by atoms with Gasteiger partial charge >= 0.3 is 5.69 Å². The van der Waals surface area contributed by atoms with Crippen molar-refractivity contribution in [2.24, 2.45) is 0 Å². The molecule has 0 spiro atoms. The Morgan fingerprint density at radius 1 is 1.40 bits per heavy atom. The van der Waals surface area contributed by atoms with Crippen molar-refractivity contribution in [3.05, 3.63) is 28.3 Å². The van der Waals surface area contributed by atoms with Crippen LogP contribution in [0.1, 0.15) is 12.8 Å². The molecule has 1 aromatic rings. The van der Waals surface area contributed by atoms with Gasteiger partial charge in [-0.3, -0.25) is 10.1 Å². The number of ether oxygens (including phenoxy) is 2. The molecule has 0 saturated carbocycles. The molecule has 11 heteroatoms. The maximum atomic E-state index is 12.5. The van der Waals surface area contributed by atoms with Gasteiger partial charge in [0.05, 0.1) is 29.1 Å². The molecule has 2 rings (SSSR count). The Morgan fingerprint density at radius 3 is 2.64 bits per heavy atom. The van der Waals surface area contributed by atoms with E-state index in [1.165, 1.54) is 19.2 Å². The number of nitro benzene ring substituents is 1. The van der Waals surface area contributed by atoms with Gasteiger partial charge in [-0.25, -0.2) is 13.1 Å². The Labute approximate surface area is 152 Å². The van der Waals surface area contributed by atoms with Gasteiger partial charge in [0.1, 0.15) is 0 Å². The number of nitro groups is 1. The van der Waals surface area contributed by atoms with Crippen LogP contribution < -0.4 is 14.8 Å². The van der Waals surface area contributed by atoms with Gasteiger partial charge in [0.25, 0.3) is 0 Å². The lowest BCUT2D eigenvalue weighted by atomic mass is 9.99. The molecule has 25 heavy (non-hydrogen) atoms. The summed E-state index contributed by atoms with van der Waals surface area (Å²) in [5.41, 5.74) is -0.855. The van der Waals surface area contributed by atoms with Gasteiger partial charge in [-0.2, -0.15) is 0 Å². The van der Waals surface area contributed by atoms with Gasteiger partial charge in [-0.05, 0) is 31.5 Å². The monoisotopic (exact) mass is 395 g/mol. The second-order valence-corrected chi connectivity index (χ2v) is 7.43. The van der Waals surface area contributed by atoms with E-state index in [0.29, 0.717) is 6.61 Å². The van der Waals surface area contributed by atoms with E-state index in [4.69, 9.17) is 9.47 Å². The molecule has 1 aliphatic heterocycles. The van der Waals surface area contributed by atoms with Gasteiger partial charge in [-0.15, -0.1) is 12.4 Å². The molecule has 142 valence electrons. The highest BCUT2D eigenvalue weighted by molar-refractivity contribution is 7.89. The Morgan fingerprint density at radius 2 is 2.12 bits per heavy atom. The van der Waals surface area contributed by atoms with E-state index in [9.17, 15) is 18.5 Å². The highest BCUT2D eigenvalue weighted by Crippen LogP contribution is 2.29. The molecule has 1 aliphatic rings. The van der Waals surface area contributed by atoms with Crippen LogP contribution in [0.5, 0.6) is 5.75 Å². The largest absolute Gasteiger partial charge is 0.490 e. The number of hydrogen-bond acceptors (Lipinski definition) is 7. The van der Waals surface area contributed by atoms with Crippen molar-refractivity contribution < 1.29 is 22.8 Å². The molecular weight excluding hydrogens is 374 g/mol. The SMILES string of the molecule is COCC1(CNS(=O)(=O)c2ccc(OC)c([N+](=O)[O-])c2)CCCN1.Cl. The molecule has 1 atom stereocenters. The van der Waals surface area contributed by atoms with E-state index in [0.717, 1.165) is 25.5 Å². The molecular formula is C14H22ClN3O6S. The van der Waals surface area contributed by atoms with Crippen LogP contribution in [-0.4, -0.2) is 52.8 Å². The summed E-state index contributed by atoms with van der Waals surface area (Å²) in [4.78, 5) is 10.2. The quantitative estimate of drug-likeness (QED) is 0.499. The summed E-state index contributed by atoms with van der Waals surface area (Å²) in [6.45, 7) is 1.31. The molecule has 1 aromatic carbocycles. The zero-order chi connectivity index (χ0) is 17.8. The predicted octanol–water partition coefficient (Wildman–Crippen LogP) is 1.07. The van der Waals surface area contributed by atoms with Crippen molar-refractivity contribution in [3.8, 4) is 5.75 Å². The van der Waals surface area contributed by atoms with Crippen molar-refractivity contribution in [1.82, 2.24) is 10.0 Å². The zero-order valence-corrected chi connectivity index (χ0v) is 15.6. The van der Waals surface area contributed by atoms with Crippen LogP contribution in [0.25, 0.3) is 0 Å². The van der Waals surface area contributed by atoms with Crippen LogP contribution in [0.4, 0.5) is 5.69 Å². The van der Waals surface area contributed by atoms with Crippen molar-refractivity contribution in [2.45, 2.75) is 23.3 Å². The summed E-state index contributed by atoms with van der Waals surface area (Å²) in [7, 11) is -1.05. The first-order chi connectivity index (χ1) is 11.3. The molecule has 2 N–H and O–H groups in total. The van der Waals surface area contributed by atoms with Crippen LogP contribution in [0, 0.1) is 10.1 Å². The Balaban J connectivity index is 0.00000312.